The Balaban J connectivity index is 2.03. The van der Waals surface area contributed by atoms with Gasteiger partial charge >= 0.3 is 5.97 Å². The third-order valence-corrected chi connectivity index (χ3v) is 3.01. The largest absolute Gasteiger partial charge is 0.461 e. The van der Waals surface area contributed by atoms with Crippen LogP contribution in [0.3, 0.4) is 0 Å². The molecule has 0 atom stereocenters. The number of nitrogens with zero attached hydrogens (tertiary/aromatic N) is 4. The van der Waals surface area contributed by atoms with Crippen LogP contribution in [0.5, 0.6) is 0 Å². The SMILES string of the molecule is CCOC(=O)c1cn2c(Nc3cc(C)[nH]n3)nc(C)cc2n1. The molecule has 0 unspecified atom stereocenters. The summed E-state index contributed by atoms with van der Waals surface area (Å²) in [5.74, 6) is 0.721. The number of H-pyrrole nitrogens is 1. The minimum absolute atomic E-state index is 0.246. The Morgan fingerprint density at radius 2 is 2.18 bits per heavy atom. The average Bonchev–Trinajstić information content (AvgIpc) is 3.05. The van der Waals surface area contributed by atoms with Gasteiger partial charge in [0.2, 0.25) is 5.95 Å². The van der Waals surface area contributed by atoms with Crippen LogP contribution in [0, 0.1) is 13.8 Å². The molecule has 3 heterocycles. The fourth-order valence-electron chi connectivity index (χ4n) is 2.09. The highest BCUT2D eigenvalue weighted by Gasteiger charge is 2.15. The summed E-state index contributed by atoms with van der Waals surface area (Å²) in [6.45, 7) is 5.83. The number of hydrogen-bond acceptors (Lipinski definition) is 6. The molecule has 3 aromatic heterocycles. The van der Waals surface area contributed by atoms with Crippen LogP contribution in [0.25, 0.3) is 5.65 Å². The van der Waals surface area contributed by atoms with E-state index in [-0.39, 0.29) is 5.69 Å². The molecule has 0 saturated carbocycles. The smallest absolute Gasteiger partial charge is 0.358 e. The summed E-state index contributed by atoms with van der Waals surface area (Å²) < 4.78 is 6.67. The van der Waals surface area contributed by atoms with E-state index in [0.29, 0.717) is 24.0 Å². The number of anilines is 2. The van der Waals surface area contributed by atoms with Gasteiger partial charge in [0.25, 0.3) is 0 Å². The number of aromatic amines is 1. The van der Waals surface area contributed by atoms with Crippen molar-refractivity contribution in [1.82, 2.24) is 24.6 Å². The zero-order valence-electron chi connectivity index (χ0n) is 12.5. The second-order valence-corrected chi connectivity index (χ2v) is 4.86. The minimum Gasteiger partial charge on any atom is -0.461 e. The lowest BCUT2D eigenvalue weighted by atomic mass is 10.4. The van der Waals surface area contributed by atoms with Crippen molar-refractivity contribution in [3.63, 3.8) is 0 Å². The molecule has 22 heavy (non-hydrogen) atoms. The highest BCUT2D eigenvalue weighted by atomic mass is 16.5. The summed E-state index contributed by atoms with van der Waals surface area (Å²) in [5.41, 5.74) is 2.58. The van der Waals surface area contributed by atoms with Gasteiger partial charge in [0.05, 0.1) is 6.61 Å². The van der Waals surface area contributed by atoms with E-state index in [1.54, 1.807) is 23.6 Å². The van der Waals surface area contributed by atoms with Crippen LogP contribution in [-0.2, 0) is 4.74 Å². The predicted molar refractivity (Wildman–Crippen MR) is 80.3 cm³/mol. The number of carbonyl (C=O) groups is 1. The minimum atomic E-state index is -0.453. The number of hydrogen-bond donors (Lipinski definition) is 2. The second-order valence-electron chi connectivity index (χ2n) is 4.86. The molecule has 8 heteroatoms. The second kappa shape index (κ2) is 5.47. The first kappa shape index (κ1) is 14.1. The van der Waals surface area contributed by atoms with Crippen LogP contribution < -0.4 is 5.32 Å². The number of aromatic nitrogens is 5. The van der Waals surface area contributed by atoms with Crippen molar-refractivity contribution in [2.75, 3.05) is 11.9 Å². The maximum atomic E-state index is 11.8. The Morgan fingerprint density at radius 3 is 2.86 bits per heavy atom. The van der Waals surface area contributed by atoms with E-state index in [1.165, 1.54) is 0 Å². The molecule has 8 nitrogen and oxygen atoms in total. The Kier molecular flexibility index (Phi) is 3.50. The molecule has 0 saturated heterocycles. The van der Waals surface area contributed by atoms with Crippen LogP contribution in [0.2, 0.25) is 0 Å². The van der Waals surface area contributed by atoms with E-state index in [0.717, 1.165) is 11.4 Å². The maximum Gasteiger partial charge on any atom is 0.358 e. The first-order chi connectivity index (χ1) is 10.6. The van der Waals surface area contributed by atoms with E-state index >= 15 is 0 Å². The van der Waals surface area contributed by atoms with E-state index in [9.17, 15) is 4.79 Å². The van der Waals surface area contributed by atoms with Gasteiger partial charge in [-0.15, -0.1) is 0 Å². The van der Waals surface area contributed by atoms with Gasteiger partial charge in [-0.05, 0) is 20.8 Å². The fraction of sp³-hybridized carbons (Fsp3) is 0.286. The zero-order valence-corrected chi connectivity index (χ0v) is 12.5. The molecule has 3 rings (SSSR count). The van der Waals surface area contributed by atoms with Crippen molar-refractivity contribution in [1.29, 1.82) is 0 Å². The zero-order chi connectivity index (χ0) is 15.7. The first-order valence-electron chi connectivity index (χ1n) is 6.89. The van der Waals surface area contributed by atoms with Crippen molar-refractivity contribution in [2.24, 2.45) is 0 Å². The van der Waals surface area contributed by atoms with Gasteiger partial charge < -0.3 is 10.1 Å². The Morgan fingerprint density at radius 1 is 1.36 bits per heavy atom. The number of esters is 1. The lowest BCUT2D eigenvalue weighted by Gasteiger charge is -2.06. The van der Waals surface area contributed by atoms with Crippen LogP contribution in [0.15, 0.2) is 18.3 Å². The average molecular weight is 300 g/mol. The Labute approximate surface area is 126 Å². The molecule has 0 fully saturated rings. The summed E-state index contributed by atoms with van der Waals surface area (Å²) in [4.78, 5) is 20.5. The van der Waals surface area contributed by atoms with E-state index in [4.69, 9.17) is 4.74 Å². The number of ether oxygens (including phenoxy) is 1. The predicted octanol–water partition coefficient (Wildman–Crippen LogP) is 1.99. The number of aryl methyl sites for hydroxylation is 2. The molecular weight excluding hydrogens is 284 g/mol. The standard InChI is InChI=1S/C14H16N6O2/c1-4-22-13(21)10-7-20-12(16-10)6-8(2)15-14(20)17-11-5-9(3)18-19-11/h5-7H,4H2,1-3H3,(H2,15,17,18,19). The molecule has 3 aromatic rings. The van der Waals surface area contributed by atoms with Crippen LogP contribution >= 0.6 is 0 Å². The monoisotopic (exact) mass is 300 g/mol. The molecule has 0 bridgehead atoms. The van der Waals surface area contributed by atoms with Crippen molar-refractivity contribution in [3.8, 4) is 0 Å². The summed E-state index contributed by atoms with van der Waals surface area (Å²) >= 11 is 0. The van der Waals surface area contributed by atoms with Gasteiger partial charge in [-0.2, -0.15) is 5.10 Å². The molecule has 0 radical (unpaired) electrons. The fourth-order valence-corrected chi connectivity index (χ4v) is 2.09. The number of rotatable bonds is 4. The van der Waals surface area contributed by atoms with E-state index in [2.05, 4.69) is 25.5 Å². The van der Waals surface area contributed by atoms with Gasteiger partial charge in [0.15, 0.2) is 11.5 Å². The van der Waals surface area contributed by atoms with Crippen LogP contribution in [0.4, 0.5) is 11.8 Å². The molecule has 114 valence electrons. The van der Waals surface area contributed by atoms with Gasteiger partial charge in [0.1, 0.15) is 5.65 Å². The van der Waals surface area contributed by atoms with Crippen LogP contribution in [-0.4, -0.2) is 37.1 Å². The normalized spacial score (nSPS) is 10.9. The van der Waals surface area contributed by atoms with Gasteiger partial charge in [0, 0.05) is 29.7 Å². The molecule has 0 spiro atoms. The Hall–Kier alpha value is -2.90. The van der Waals surface area contributed by atoms with Crippen molar-refractivity contribution >= 4 is 23.4 Å². The molecule has 0 aliphatic heterocycles. The number of carbonyl (C=O) groups excluding carboxylic acids is 1. The highest BCUT2D eigenvalue weighted by molar-refractivity contribution is 5.88. The lowest BCUT2D eigenvalue weighted by molar-refractivity contribution is 0.0520. The quantitative estimate of drug-likeness (QED) is 0.715. The van der Waals surface area contributed by atoms with Gasteiger partial charge in [-0.1, -0.05) is 0 Å². The molecule has 0 amide bonds. The number of imidazole rings is 1. The van der Waals surface area contributed by atoms with E-state index in [1.807, 2.05) is 19.9 Å². The summed E-state index contributed by atoms with van der Waals surface area (Å²) in [7, 11) is 0. The van der Waals surface area contributed by atoms with Crippen molar-refractivity contribution in [2.45, 2.75) is 20.8 Å². The van der Waals surface area contributed by atoms with Crippen molar-refractivity contribution < 1.29 is 9.53 Å². The number of fused-ring (bicyclic) bond motifs is 1. The molecular formula is C14H16N6O2. The third kappa shape index (κ3) is 2.62. The Bertz CT molecular complexity index is 835. The van der Waals surface area contributed by atoms with Gasteiger partial charge in [-0.3, -0.25) is 9.50 Å². The van der Waals surface area contributed by atoms with Crippen LogP contribution in [0.1, 0.15) is 28.8 Å². The molecule has 2 N–H and O–H groups in total. The van der Waals surface area contributed by atoms with Crippen molar-refractivity contribution in [3.05, 3.63) is 35.4 Å². The van der Waals surface area contributed by atoms with Gasteiger partial charge in [-0.25, -0.2) is 14.8 Å². The van der Waals surface area contributed by atoms with E-state index < -0.39 is 5.97 Å². The topological polar surface area (TPSA) is 97.2 Å². The summed E-state index contributed by atoms with van der Waals surface area (Å²) in [6.07, 6.45) is 1.60. The summed E-state index contributed by atoms with van der Waals surface area (Å²) in [6, 6.07) is 3.66. The molecule has 0 aliphatic rings. The summed E-state index contributed by atoms with van der Waals surface area (Å²) in [5, 5.41) is 10.1. The molecule has 0 aromatic carbocycles. The third-order valence-electron chi connectivity index (χ3n) is 3.01. The first-order valence-corrected chi connectivity index (χ1v) is 6.89. The number of nitrogens with one attached hydrogen (secondary N) is 2. The highest BCUT2D eigenvalue weighted by Crippen LogP contribution is 2.17. The maximum absolute atomic E-state index is 11.8. The lowest BCUT2D eigenvalue weighted by Crippen LogP contribution is -2.04. The molecule has 0 aliphatic carbocycles.